The lowest BCUT2D eigenvalue weighted by Gasteiger charge is -2.20. The van der Waals surface area contributed by atoms with Crippen LogP contribution in [0.4, 0.5) is 15.9 Å². The third-order valence-corrected chi connectivity index (χ3v) is 3.25. The Morgan fingerprint density at radius 2 is 1.87 bits per heavy atom. The molecule has 0 bridgehead atoms. The number of carbonyl (C=O) groups excluding carboxylic acids is 1. The summed E-state index contributed by atoms with van der Waals surface area (Å²) in [5, 5.41) is 10.9. The Kier molecular flexibility index (Phi) is 6.02. The minimum atomic E-state index is -0.329. The summed E-state index contributed by atoms with van der Waals surface area (Å²) in [4.78, 5) is 14.2. The van der Waals surface area contributed by atoms with E-state index in [1.807, 2.05) is 13.8 Å². The molecule has 0 atom stereocenters. The zero-order valence-corrected chi connectivity index (χ0v) is 13.4. The number of nitrogens with zero attached hydrogens (tertiary/aromatic N) is 3. The summed E-state index contributed by atoms with van der Waals surface area (Å²) >= 11 is 0. The van der Waals surface area contributed by atoms with Crippen molar-refractivity contribution in [1.82, 2.24) is 15.1 Å². The number of benzene rings is 1. The van der Waals surface area contributed by atoms with Crippen LogP contribution >= 0.6 is 0 Å². The maximum atomic E-state index is 13.1. The van der Waals surface area contributed by atoms with Gasteiger partial charge in [0.2, 0.25) is 0 Å². The number of anilines is 2. The van der Waals surface area contributed by atoms with Gasteiger partial charge >= 0.3 is 0 Å². The van der Waals surface area contributed by atoms with Gasteiger partial charge < -0.3 is 10.2 Å². The minimum absolute atomic E-state index is 0.112. The number of rotatable bonds is 7. The number of amides is 1. The molecule has 1 N–H and O–H groups in total. The van der Waals surface area contributed by atoms with Crippen LogP contribution in [0.5, 0.6) is 0 Å². The van der Waals surface area contributed by atoms with Crippen LogP contribution in [0.3, 0.4) is 0 Å². The Morgan fingerprint density at radius 1 is 1.13 bits per heavy atom. The maximum absolute atomic E-state index is 13.1. The average Bonchev–Trinajstić information content (AvgIpc) is 2.55. The number of halogens is 1. The van der Waals surface area contributed by atoms with Gasteiger partial charge in [0.15, 0.2) is 11.5 Å². The predicted molar refractivity (Wildman–Crippen MR) is 88.2 cm³/mol. The predicted octanol–water partition coefficient (Wildman–Crippen LogP) is 3.62. The molecule has 23 heavy (non-hydrogen) atoms. The van der Waals surface area contributed by atoms with E-state index in [2.05, 4.69) is 15.5 Å². The highest BCUT2D eigenvalue weighted by Crippen LogP contribution is 2.15. The van der Waals surface area contributed by atoms with Crippen molar-refractivity contribution < 1.29 is 9.18 Å². The van der Waals surface area contributed by atoms with E-state index in [0.717, 1.165) is 12.8 Å². The smallest absolute Gasteiger partial charge is 0.274 e. The van der Waals surface area contributed by atoms with Crippen LogP contribution in [0, 0.1) is 5.82 Å². The van der Waals surface area contributed by atoms with E-state index in [1.54, 1.807) is 29.2 Å². The van der Waals surface area contributed by atoms with E-state index in [9.17, 15) is 9.18 Å². The summed E-state index contributed by atoms with van der Waals surface area (Å²) < 4.78 is 13.1. The molecule has 122 valence electrons. The summed E-state index contributed by atoms with van der Waals surface area (Å²) in [5.41, 5.74) is 0.897. The molecule has 0 unspecified atom stereocenters. The molecule has 1 aromatic heterocycles. The molecule has 1 aromatic carbocycles. The summed E-state index contributed by atoms with van der Waals surface area (Å²) in [6, 6.07) is 9.38. The van der Waals surface area contributed by atoms with E-state index in [-0.39, 0.29) is 11.7 Å². The number of hydrogen-bond acceptors (Lipinski definition) is 4. The topological polar surface area (TPSA) is 58.1 Å². The van der Waals surface area contributed by atoms with Gasteiger partial charge in [0.05, 0.1) is 0 Å². The van der Waals surface area contributed by atoms with Crippen LogP contribution in [0.15, 0.2) is 36.4 Å². The molecule has 2 rings (SSSR count). The molecule has 0 aliphatic carbocycles. The lowest BCUT2D eigenvalue weighted by molar-refractivity contribution is 0.0748. The molecule has 6 heteroatoms. The van der Waals surface area contributed by atoms with Gasteiger partial charge in [-0.2, -0.15) is 0 Å². The zero-order chi connectivity index (χ0) is 16.7. The molecule has 0 saturated heterocycles. The van der Waals surface area contributed by atoms with E-state index in [1.165, 1.54) is 12.1 Å². The van der Waals surface area contributed by atoms with Crippen LogP contribution in [-0.4, -0.2) is 34.1 Å². The van der Waals surface area contributed by atoms with Crippen molar-refractivity contribution in [3.63, 3.8) is 0 Å². The van der Waals surface area contributed by atoms with E-state index in [0.29, 0.717) is 30.3 Å². The summed E-state index contributed by atoms with van der Waals surface area (Å²) in [6.45, 7) is 5.48. The van der Waals surface area contributed by atoms with Gasteiger partial charge in [-0.3, -0.25) is 4.79 Å². The summed E-state index contributed by atoms with van der Waals surface area (Å²) in [6.07, 6.45) is 1.80. The normalized spacial score (nSPS) is 10.4. The second-order valence-corrected chi connectivity index (χ2v) is 5.23. The van der Waals surface area contributed by atoms with Crippen LogP contribution in [0.2, 0.25) is 0 Å². The van der Waals surface area contributed by atoms with Crippen molar-refractivity contribution in [3.8, 4) is 0 Å². The molecule has 0 saturated carbocycles. The highest BCUT2D eigenvalue weighted by Gasteiger charge is 2.16. The third kappa shape index (κ3) is 4.74. The van der Waals surface area contributed by atoms with Crippen molar-refractivity contribution in [1.29, 1.82) is 0 Å². The second kappa shape index (κ2) is 8.22. The standard InChI is InChI=1S/C17H21FN4O/c1-3-10-22(11-4-2)17(23)15-8-9-16(21-20-15)19-14-7-5-6-13(18)12-14/h5-9,12H,3-4,10-11H2,1-2H3,(H,19,21). The molecular weight excluding hydrogens is 295 g/mol. The van der Waals surface area contributed by atoms with Gasteiger partial charge in [-0.25, -0.2) is 4.39 Å². The fraction of sp³-hybridized carbons (Fsp3) is 0.353. The van der Waals surface area contributed by atoms with E-state index >= 15 is 0 Å². The average molecular weight is 316 g/mol. The van der Waals surface area contributed by atoms with Gasteiger partial charge in [0.25, 0.3) is 5.91 Å². The van der Waals surface area contributed by atoms with Crippen LogP contribution in [0.1, 0.15) is 37.2 Å². The number of carbonyl (C=O) groups is 1. The van der Waals surface area contributed by atoms with Gasteiger partial charge in [-0.15, -0.1) is 10.2 Å². The Bertz CT molecular complexity index is 639. The third-order valence-electron chi connectivity index (χ3n) is 3.25. The van der Waals surface area contributed by atoms with Gasteiger partial charge in [-0.1, -0.05) is 19.9 Å². The Balaban J connectivity index is 2.07. The molecule has 0 fully saturated rings. The lowest BCUT2D eigenvalue weighted by Crippen LogP contribution is -2.33. The van der Waals surface area contributed by atoms with Gasteiger partial charge in [0.1, 0.15) is 5.82 Å². The zero-order valence-electron chi connectivity index (χ0n) is 13.4. The van der Waals surface area contributed by atoms with E-state index in [4.69, 9.17) is 0 Å². The van der Waals surface area contributed by atoms with E-state index < -0.39 is 0 Å². The first-order valence-corrected chi connectivity index (χ1v) is 7.79. The van der Waals surface area contributed by atoms with Crippen molar-refractivity contribution in [2.75, 3.05) is 18.4 Å². The molecular formula is C17H21FN4O. The molecule has 0 radical (unpaired) electrons. The maximum Gasteiger partial charge on any atom is 0.274 e. The number of aromatic nitrogens is 2. The fourth-order valence-electron chi connectivity index (χ4n) is 2.24. The quantitative estimate of drug-likeness (QED) is 0.847. The molecule has 5 nitrogen and oxygen atoms in total. The minimum Gasteiger partial charge on any atom is -0.339 e. The van der Waals surface area contributed by atoms with Crippen molar-refractivity contribution in [2.45, 2.75) is 26.7 Å². The molecule has 1 amide bonds. The fourth-order valence-corrected chi connectivity index (χ4v) is 2.24. The first-order valence-electron chi connectivity index (χ1n) is 7.79. The Hall–Kier alpha value is -2.50. The summed E-state index contributed by atoms with van der Waals surface area (Å²) in [5.74, 6) is 0.0210. The van der Waals surface area contributed by atoms with Crippen molar-refractivity contribution in [2.24, 2.45) is 0 Å². The molecule has 0 aliphatic rings. The largest absolute Gasteiger partial charge is 0.339 e. The molecule has 0 spiro atoms. The summed E-state index contributed by atoms with van der Waals surface area (Å²) in [7, 11) is 0. The van der Waals surface area contributed by atoms with Crippen LogP contribution in [-0.2, 0) is 0 Å². The SMILES string of the molecule is CCCN(CCC)C(=O)c1ccc(Nc2cccc(F)c2)nn1. The van der Waals surface area contributed by atoms with Gasteiger partial charge in [0, 0.05) is 18.8 Å². The van der Waals surface area contributed by atoms with Gasteiger partial charge in [-0.05, 0) is 43.2 Å². The highest BCUT2D eigenvalue weighted by atomic mass is 19.1. The first-order chi connectivity index (χ1) is 11.1. The second-order valence-electron chi connectivity index (χ2n) is 5.23. The lowest BCUT2D eigenvalue weighted by atomic mass is 10.3. The monoisotopic (exact) mass is 316 g/mol. The first kappa shape index (κ1) is 16.9. The number of nitrogens with one attached hydrogen (secondary N) is 1. The number of hydrogen-bond donors (Lipinski definition) is 1. The molecule has 1 heterocycles. The van der Waals surface area contributed by atoms with Crippen LogP contribution < -0.4 is 5.32 Å². The Labute approximate surface area is 135 Å². The van der Waals surface area contributed by atoms with Crippen molar-refractivity contribution >= 4 is 17.4 Å². The van der Waals surface area contributed by atoms with Crippen molar-refractivity contribution in [3.05, 3.63) is 47.9 Å². The molecule has 0 aliphatic heterocycles. The van der Waals surface area contributed by atoms with Crippen LogP contribution in [0.25, 0.3) is 0 Å². The molecule has 2 aromatic rings. The highest BCUT2D eigenvalue weighted by molar-refractivity contribution is 5.92. The Morgan fingerprint density at radius 3 is 2.43 bits per heavy atom.